The number of carbonyl (C=O) groups excluding carboxylic acids is 2. The minimum absolute atomic E-state index is 0.0554. The summed E-state index contributed by atoms with van der Waals surface area (Å²) in [6.45, 7) is 10.8. The molecule has 0 aromatic carbocycles. The molecule has 1 saturated heterocycles. The molecule has 0 aromatic heterocycles. The largest absolute Gasteiger partial charge is 0.459 e. The first-order valence-electron chi connectivity index (χ1n) is 6.22. The predicted octanol–water partition coefficient (Wildman–Crippen LogP) is 1.77. The van der Waals surface area contributed by atoms with Gasteiger partial charge in [0.25, 0.3) is 0 Å². The van der Waals surface area contributed by atoms with Crippen molar-refractivity contribution in [3.63, 3.8) is 0 Å². The van der Waals surface area contributed by atoms with E-state index in [2.05, 4.69) is 13.2 Å². The van der Waals surface area contributed by atoms with Crippen LogP contribution in [0.3, 0.4) is 0 Å². The van der Waals surface area contributed by atoms with E-state index in [1.165, 1.54) is 0 Å². The van der Waals surface area contributed by atoms with Gasteiger partial charge in [-0.3, -0.25) is 0 Å². The van der Waals surface area contributed by atoms with Crippen LogP contribution in [0.25, 0.3) is 0 Å². The Kier molecular flexibility index (Phi) is 5.76. The van der Waals surface area contributed by atoms with Crippen LogP contribution in [0.1, 0.15) is 26.7 Å². The smallest absolute Gasteiger partial charge is 0.333 e. The van der Waals surface area contributed by atoms with Crippen LogP contribution in [-0.2, 0) is 23.8 Å². The first-order valence-corrected chi connectivity index (χ1v) is 6.22. The standard InChI is InChI=1S/C14H20O5/c1-9(2)13(15)18-8-12-11(6-5-7-17-12)19-14(16)10(3)4/h11-12H,1,3,5-8H2,2,4H3. The Balaban J connectivity index is 2.52. The van der Waals surface area contributed by atoms with E-state index in [-0.39, 0.29) is 6.61 Å². The summed E-state index contributed by atoms with van der Waals surface area (Å²) in [6, 6.07) is 0. The van der Waals surface area contributed by atoms with Crippen LogP contribution in [-0.4, -0.2) is 37.4 Å². The van der Waals surface area contributed by atoms with E-state index in [1.54, 1.807) is 13.8 Å². The fourth-order valence-electron chi connectivity index (χ4n) is 1.62. The molecule has 5 nitrogen and oxygen atoms in total. The van der Waals surface area contributed by atoms with Crippen molar-refractivity contribution in [1.29, 1.82) is 0 Å². The third-order valence-corrected chi connectivity index (χ3v) is 2.71. The van der Waals surface area contributed by atoms with Gasteiger partial charge in [-0.25, -0.2) is 9.59 Å². The lowest BCUT2D eigenvalue weighted by molar-refractivity contribution is -0.168. The lowest BCUT2D eigenvalue weighted by Crippen LogP contribution is -2.41. The maximum Gasteiger partial charge on any atom is 0.333 e. The average molecular weight is 268 g/mol. The summed E-state index contributed by atoms with van der Waals surface area (Å²) in [6.07, 6.45) is 0.657. The van der Waals surface area contributed by atoms with Gasteiger partial charge in [-0.05, 0) is 26.7 Å². The first kappa shape index (κ1) is 15.4. The summed E-state index contributed by atoms with van der Waals surface area (Å²) >= 11 is 0. The molecule has 0 N–H and O–H groups in total. The van der Waals surface area contributed by atoms with Gasteiger partial charge in [-0.15, -0.1) is 0 Å². The van der Waals surface area contributed by atoms with Crippen LogP contribution < -0.4 is 0 Å². The minimum atomic E-state index is -0.473. The quantitative estimate of drug-likeness (QED) is 0.561. The zero-order valence-electron chi connectivity index (χ0n) is 11.4. The van der Waals surface area contributed by atoms with Gasteiger partial charge in [0, 0.05) is 17.8 Å². The molecular formula is C14H20O5. The van der Waals surface area contributed by atoms with Crippen molar-refractivity contribution in [2.45, 2.75) is 38.9 Å². The highest BCUT2D eigenvalue weighted by Gasteiger charge is 2.30. The Bertz CT molecular complexity index is 385. The molecule has 1 aliphatic heterocycles. The number of rotatable bonds is 5. The van der Waals surface area contributed by atoms with E-state index >= 15 is 0 Å². The molecule has 19 heavy (non-hydrogen) atoms. The molecule has 0 bridgehead atoms. The van der Waals surface area contributed by atoms with E-state index in [1.807, 2.05) is 0 Å². The van der Waals surface area contributed by atoms with E-state index < -0.39 is 24.1 Å². The molecule has 2 atom stereocenters. The van der Waals surface area contributed by atoms with Crippen LogP contribution >= 0.6 is 0 Å². The van der Waals surface area contributed by atoms with Gasteiger partial charge in [-0.2, -0.15) is 0 Å². The molecule has 0 aliphatic carbocycles. The third-order valence-electron chi connectivity index (χ3n) is 2.71. The fourth-order valence-corrected chi connectivity index (χ4v) is 1.62. The summed E-state index contributed by atoms with van der Waals surface area (Å²) in [5.74, 6) is -0.925. The molecular weight excluding hydrogens is 248 g/mol. The molecule has 1 heterocycles. The van der Waals surface area contributed by atoms with Crippen molar-refractivity contribution in [3.8, 4) is 0 Å². The van der Waals surface area contributed by atoms with E-state index in [0.29, 0.717) is 24.2 Å². The fraction of sp³-hybridized carbons (Fsp3) is 0.571. The van der Waals surface area contributed by atoms with Crippen molar-refractivity contribution in [3.05, 3.63) is 24.3 Å². The molecule has 1 fully saturated rings. The number of hydrogen-bond donors (Lipinski definition) is 0. The summed E-state index contributed by atoms with van der Waals surface area (Å²) in [4.78, 5) is 22.8. The Morgan fingerprint density at radius 1 is 1.21 bits per heavy atom. The highest BCUT2D eigenvalue weighted by molar-refractivity contribution is 5.87. The SMILES string of the molecule is C=C(C)C(=O)OCC1OCCCC1OC(=O)C(=C)C. The van der Waals surface area contributed by atoms with Gasteiger partial charge in [-0.1, -0.05) is 13.2 Å². The second-order valence-corrected chi connectivity index (χ2v) is 4.65. The molecule has 1 rings (SSSR count). The van der Waals surface area contributed by atoms with Gasteiger partial charge in [0.2, 0.25) is 0 Å². The second-order valence-electron chi connectivity index (χ2n) is 4.65. The molecule has 0 radical (unpaired) electrons. The van der Waals surface area contributed by atoms with Crippen molar-refractivity contribution in [2.75, 3.05) is 13.2 Å². The normalized spacial score (nSPS) is 22.4. The molecule has 0 aromatic rings. The van der Waals surface area contributed by atoms with Crippen molar-refractivity contribution in [2.24, 2.45) is 0 Å². The molecule has 106 valence electrons. The monoisotopic (exact) mass is 268 g/mol. The highest BCUT2D eigenvalue weighted by Crippen LogP contribution is 2.19. The Hall–Kier alpha value is -1.62. The minimum Gasteiger partial charge on any atom is -0.459 e. The van der Waals surface area contributed by atoms with Crippen LogP contribution in [0.2, 0.25) is 0 Å². The summed E-state index contributed by atoms with van der Waals surface area (Å²) in [5, 5.41) is 0. The molecule has 5 heteroatoms. The lowest BCUT2D eigenvalue weighted by Gasteiger charge is -2.30. The maximum absolute atomic E-state index is 11.5. The zero-order chi connectivity index (χ0) is 14.4. The number of ether oxygens (including phenoxy) is 3. The summed E-state index contributed by atoms with van der Waals surface area (Å²) in [5.41, 5.74) is 0.662. The van der Waals surface area contributed by atoms with Gasteiger partial charge < -0.3 is 14.2 Å². The van der Waals surface area contributed by atoms with Crippen molar-refractivity contribution >= 4 is 11.9 Å². The summed E-state index contributed by atoms with van der Waals surface area (Å²) in [7, 11) is 0. The topological polar surface area (TPSA) is 61.8 Å². The predicted molar refractivity (Wildman–Crippen MR) is 69.4 cm³/mol. The van der Waals surface area contributed by atoms with E-state index in [9.17, 15) is 9.59 Å². The van der Waals surface area contributed by atoms with E-state index in [4.69, 9.17) is 14.2 Å². The molecule has 0 amide bonds. The maximum atomic E-state index is 11.5. The summed E-state index contributed by atoms with van der Waals surface area (Å²) < 4.78 is 15.8. The number of hydrogen-bond acceptors (Lipinski definition) is 5. The number of esters is 2. The van der Waals surface area contributed by atoms with Gasteiger partial charge in [0.15, 0.2) is 0 Å². The Morgan fingerprint density at radius 3 is 2.42 bits per heavy atom. The van der Waals surface area contributed by atoms with Crippen LogP contribution in [0.15, 0.2) is 24.3 Å². The average Bonchev–Trinajstić information content (AvgIpc) is 2.36. The third kappa shape index (κ3) is 4.87. The van der Waals surface area contributed by atoms with Gasteiger partial charge in [0.05, 0.1) is 0 Å². The highest BCUT2D eigenvalue weighted by atomic mass is 16.6. The second kappa shape index (κ2) is 7.09. The Labute approximate surface area is 113 Å². The first-order chi connectivity index (χ1) is 8.91. The molecule has 0 spiro atoms. The van der Waals surface area contributed by atoms with Crippen molar-refractivity contribution in [1.82, 2.24) is 0 Å². The molecule has 2 unspecified atom stereocenters. The zero-order valence-corrected chi connectivity index (χ0v) is 11.4. The van der Waals surface area contributed by atoms with Crippen LogP contribution in [0.5, 0.6) is 0 Å². The van der Waals surface area contributed by atoms with Crippen molar-refractivity contribution < 1.29 is 23.8 Å². The Morgan fingerprint density at radius 2 is 1.84 bits per heavy atom. The number of carbonyl (C=O) groups is 2. The lowest BCUT2D eigenvalue weighted by atomic mass is 10.1. The van der Waals surface area contributed by atoms with Crippen LogP contribution in [0.4, 0.5) is 0 Å². The molecule has 0 saturated carbocycles. The van der Waals surface area contributed by atoms with Crippen LogP contribution in [0, 0.1) is 0 Å². The van der Waals surface area contributed by atoms with Gasteiger partial charge >= 0.3 is 11.9 Å². The molecule has 1 aliphatic rings. The van der Waals surface area contributed by atoms with E-state index in [0.717, 1.165) is 6.42 Å². The van der Waals surface area contributed by atoms with Gasteiger partial charge in [0.1, 0.15) is 18.8 Å².